The Labute approximate surface area is 114 Å². The Morgan fingerprint density at radius 3 is 2.84 bits per heavy atom. The van der Waals surface area contributed by atoms with Crippen LogP contribution in [-0.2, 0) is 0 Å². The molecule has 0 aromatic heterocycles. The van der Waals surface area contributed by atoms with E-state index >= 15 is 0 Å². The minimum Gasteiger partial charge on any atom is -0.391 e. The molecule has 2 rings (SSSR count). The van der Waals surface area contributed by atoms with Crippen LogP contribution in [0, 0.1) is 12.7 Å². The molecule has 1 aromatic rings. The number of rotatable bonds is 4. The molecule has 0 radical (unpaired) electrons. The summed E-state index contributed by atoms with van der Waals surface area (Å²) in [4.78, 5) is 2.15. The van der Waals surface area contributed by atoms with Crippen LogP contribution in [-0.4, -0.2) is 30.8 Å². The molecule has 1 saturated heterocycles. The third-order valence-electron chi connectivity index (χ3n) is 3.79. The van der Waals surface area contributed by atoms with Gasteiger partial charge in [0.15, 0.2) is 0 Å². The van der Waals surface area contributed by atoms with Crippen molar-refractivity contribution in [3.63, 3.8) is 0 Å². The van der Waals surface area contributed by atoms with E-state index in [4.69, 9.17) is 0 Å². The monoisotopic (exact) mass is 266 g/mol. The molecule has 3 nitrogen and oxygen atoms in total. The van der Waals surface area contributed by atoms with E-state index in [0.717, 1.165) is 30.8 Å². The number of hydrogen-bond acceptors (Lipinski definition) is 3. The Hall–Kier alpha value is -1.13. The summed E-state index contributed by atoms with van der Waals surface area (Å²) in [6.45, 7) is 8.19. The summed E-state index contributed by atoms with van der Waals surface area (Å²) in [5.41, 5.74) is 2.67. The fourth-order valence-electron chi connectivity index (χ4n) is 2.68. The lowest BCUT2D eigenvalue weighted by Crippen LogP contribution is -2.26. The van der Waals surface area contributed by atoms with Crippen molar-refractivity contribution in [3.8, 4) is 0 Å². The van der Waals surface area contributed by atoms with E-state index in [-0.39, 0.29) is 18.0 Å². The molecule has 2 atom stereocenters. The van der Waals surface area contributed by atoms with E-state index in [2.05, 4.69) is 10.2 Å². The van der Waals surface area contributed by atoms with Crippen LogP contribution in [0.3, 0.4) is 0 Å². The SMILES string of the molecule is CCNC(C)c1cc(F)c(C)cc1N1CCC(O)C1. The number of hydrogen-bond donors (Lipinski definition) is 2. The second kappa shape index (κ2) is 5.88. The van der Waals surface area contributed by atoms with Crippen molar-refractivity contribution in [2.24, 2.45) is 0 Å². The van der Waals surface area contributed by atoms with Crippen LogP contribution >= 0.6 is 0 Å². The number of benzene rings is 1. The first-order chi connectivity index (χ1) is 9.02. The second-order valence-electron chi connectivity index (χ2n) is 5.33. The van der Waals surface area contributed by atoms with Gasteiger partial charge in [-0.15, -0.1) is 0 Å². The number of aryl methyl sites for hydroxylation is 1. The van der Waals surface area contributed by atoms with Gasteiger partial charge in [0.25, 0.3) is 0 Å². The molecule has 106 valence electrons. The average Bonchev–Trinajstić information content (AvgIpc) is 2.79. The molecule has 1 aliphatic rings. The van der Waals surface area contributed by atoms with Crippen molar-refractivity contribution in [1.29, 1.82) is 0 Å². The Kier molecular flexibility index (Phi) is 4.42. The minimum atomic E-state index is -0.271. The highest BCUT2D eigenvalue weighted by atomic mass is 19.1. The van der Waals surface area contributed by atoms with Crippen LogP contribution in [0.5, 0.6) is 0 Å². The van der Waals surface area contributed by atoms with Gasteiger partial charge in [-0.1, -0.05) is 6.92 Å². The zero-order valence-electron chi connectivity index (χ0n) is 11.9. The van der Waals surface area contributed by atoms with Crippen molar-refractivity contribution >= 4 is 5.69 Å². The quantitative estimate of drug-likeness (QED) is 0.878. The third-order valence-corrected chi connectivity index (χ3v) is 3.79. The first-order valence-corrected chi connectivity index (χ1v) is 6.99. The standard InChI is InChI=1S/C15H23FN2O/c1-4-17-11(3)13-8-14(16)10(2)7-15(13)18-6-5-12(19)9-18/h7-8,11-12,17,19H,4-6,9H2,1-3H3. The predicted molar refractivity (Wildman–Crippen MR) is 76.1 cm³/mol. The fraction of sp³-hybridized carbons (Fsp3) is 0.600. The van der Waals surface area contributed by atoms with Crippen molar-refractivity contribution in [1.82, 2.24) is 5.32 Å². The molecule has 2 unspecified atom stereocenters. The molecule has 2 N–H and O–H groups in total. The lowest BCUT2D eigenvalue weighted by molar-refractivity contribution is 0.198. The zero-order chi connectivity index (χ0) is 14.0. The van der Waals surface area contributed by atoms with Crippen LogP contribution in [0.2, 0.25) is 0 Å². The van der Waals surface area contributed by atoms with Crippen molar-refractivity contribution in [2.45, 2.75) is 39.3 Å². The maximum absolute atomic E-state index is 13.8. The largest absolute Gasteiger partial charge is 0.391 e. The molecule has 1 fully saturated rings. The van der Waals surface area contributed by atoms with E-state index in [1.54, 1.807) is 13.0 Å². The summed E-state index contributed by atoms with van der Waals surface area (Å²) in [6, 6.07) is 3.63. The molecule has 4 heteroatoms. The van der Waals surface area contributed by atoms with Gasteiger partial charge in [-0.3, -0.25) is 0 Å². The van der Waals surface area contributed by atoms with Crippen LogP contribution in [0.4, 0.5) is 10.1 Å². The van der Waals surface area contributed by atoms with Crippen molar-refractivity contribution in [2.75, 3.05) is 24.5 Å². The summed E-state index contributed by atoms with van der Waals surface area (Å²) in [5, 5.41) is 13.0. The number of β-amino-alcohol motifs (C(OH)–C–C–N with tert-alkyl or cyclic N) is 1. The highest BCUT2D eigenvalue weighted by molar-refractivity contribution is 5.58. The summed E-state index contributed by atoms with van der Waals surface area (Å²) < 4.78 is 13.8. The lowest BCUT2D eigenvalue weighted by atomic mass is 10.0. The first kappa shape index (κ1) is 14.3. The third kappa shape index (κ3) is 3.07. The molecule has 1 aliphatic heterocycles. The first-order valence-electron chi connectivity index (χ1n) is 6.99. The molecule has 0 spiro atoms. The molecule has 0 aliphatic carbocycles. The minimum absolute atomic E-state index is 0.104. The van der Waals surface area contributed by atoms with E-state index in [0.29, 0.717) is 12.1 Å². The molecule has 0 amide bonds. The number of nitrogens with zero attached hydrogens (tertiary/aromatic N) is 1. The summed E-state index contributed by atoms with van der Waals surface area (Å²) in [7, 11) is 0. The Morgan fingerprint density at radius 2 is 2.26 bits per heavy atom. The number of anilines is 1. The molecule has 1 aromatic carbocycles. The molecule has 1 heterocycles. The van der Waals surface area contributed by atoms with Gasteiger partial charge < -0.3 is 15.3 Å². The molecular formula is C15H23FN2O. The maximum Gasteiger partial charge on any atom is 0.126 e. The van der Waals surface area contributed by atoms with Crippen LogP contribution in [0.1, 0.15) is 37.4 Å². The number of halogens is 1. The van der Waals surface area contributed by atoms with Crippen molar-refractivity contribution < 1.29 is 9.50 Å². The zero-order valence-corrected chi connectivity index (χ0v) is 11.9. The van der Waals surface area contributed by atoms with E-state index in [1.165, 1.54) is 0 Å². The average molecular weight is 266 g/mol. The summed E-state index contributed by atoms with van der Waals surface area (Å²) in [5.74, 6) is -0.164. The van der Waals surface area contributed by atoms with Gasteiger partial charge in [0.1, 0.15) is 5.82 Å². The number of aliphatic hydroxyl groups excluding tert-OH is 1. The number of nitrogens with one attached hydrogen (secondary N) is 1. The van der Waals surface area contributed by atoms with Gasteiger partial charge in [0.05, 0.1) is 6.10 Å². The molecule has 19 heavy (non-hydrogen) atoms. The Morgan fingerprint density at radius 1 is 1.53 bits per heavy atom. The normalized spacial score (nSPS) is 20.9. The molecule has 0 bridgehead atoms. The fourth-order valence-corrected chi connectivity index (χ4v) is 2.68. The van der Waals surface area contributed by atoms with Crippen LogP contribution in [0.25, 0.3) is 0 Å². The van der Waals surface area contributed by atoms with Gasteiger partial charge in [-0.25, -0.2) is 4.39 Å². The van der Waals surface area contributed by atoms with Gasteiger partial charge in [-0.05, 0) is 50.1 Å². The lowest BCUT2D eigenvalue weighted by Gasteiger charge is -2.25. The van der Waals surface area contributed by atoms with E-state index < -0.39 is 0 Å². The Bertz CT molecular complexity index is 450. The van der Waals surface area contributed by atoms with Crippen LogP contribution < -0.4 is 10.2 Å². The smallest absolute Gasteiger partial charge is 0.126 e. The summed E-state index contributed by atoms with van der Waals surface area (Å²) in [6.07, 6.45) is 0.512. The highest BCUT2D eigenvalue weighted by Crippen LogP contribution is 2.31. The molecular weight excluding hydrogens is 243 g/mol. The topological polar surface area (TPSA) is 35.5 Å². The van der Waals surface area contributed by atoms with Gasteiger partial charge in [0, 0.05) is 24.8 Å². The van der Waals surface area contributed by atoms with E-state index in [1.807, 2.05) is 19.9 Å². The Balaban J connectivity index is 2.36. The van der Waals surface area contributed by atoms with Gasteiger partial charge in [-0.2, -0.15) is 0 Å². The summed E-state index contributed by atoms with van der Waals surface area (Å²) >= 11 is 0. The maximum atomic E-state index is 13.8. The van der Waals surface area contributed by atoms with Gasteiger partial charge in [0.2, 0.25) is 0 Å². The van der Waals surface area contributed by atoms with Crippen LogP contribution in [0.15, 0.2) is 12.1 Å². The molecule has 0 saturated carbocycles. The van der Waals surface area contributed by atoms with Gasteiger partial charge >= 0.3 is 0 Å². The number of aliphatic hydroxyl groups is 1. The highest BCUT2D eigenvalue weighted by Gasteiger charge is 2.24. The van der Waals surface area contributed by atoms with Crippen molar-refractivity contribution in [3.05, 3.63) is 29.1 Å². The second-order valence-corrected chi connectivity index (χ2v) is 5.33. The van der Waals surface area contributed by atoms with E-state index in [9.17, 15) is 9.50 Å². The predicted octanol–water partition coefficient (Wildman–Crippen LogP) is 2.38.